The van der Waals surface area contributed by atoms with Gasteiger partial charge in [0.05, 0.1) is 23.5 Å². The first kappa shape index (κ1) is 22.7. The Morgan fingerprint density at radius 2 is 1.62 bits per heavy atom. The lowest BCUT2D eigenvalue weighted by Gasteiger charge is -2.56. The van der Waals surface area contributed by atoms with Crippen molar-refractivity contribution in [1.82, 2.24) is 24.5 Å². The fraction of sp³-hybridized carbons (Fsp3) is 0.379. The summed E-state index contributed by atoms with van der Waals surface area (Å²) >= 11 is 6.00. The van der Waals surface area contributed by atoms with Crippen LogP contribution >= 0.6 is 11.6 Å². The molecule has 37 heavy (non-hydrogen) atoms. The molecule has 188 valence electrons. The third-order valence-corrected chi connectivity index (χ3v) is 8.79. The van der Waals surface area contributed by atoms with E-state index in [1.54, 1.807) is 11.0 Å². The van der Waals surface area contributed by atoms with E-state index in [0.29, 0.717) is 23.1 Å². The summed E-state index contributed by atoms with van der Waals surface area (Å²) < 4.78 is 3.58. The quantitative estimate of drug-likeness (QED) is 0.349. The van der Waals surface area contributed by atoms with E-state index < -0.39 is 0 Å². The number of halogens is 1. The average molecular weight is 513 g/mol. The van der Waals surface area contributed by atoms with Gasteiger partial charge in [-0.3, -0.25) is 10.1 Å². The van der Waals surface area contributed by atoms with Gasteiger partial charge in [0.1, 0.15) is 6.33 Å². The van der Waals surface area contributed by atoms with E-state index in [9.17, 15) is 4.79 Å². The fourth-order valence-corrected chi connectivity index (χ4v) is 7.55. The summed E-state index contributed by atoms with van der Waals surface area (Å²) in [6.07, 6.45) is 11.0. The van der Waals surface area contributed by atoms with Crippen LogP contribution in [0.2, 0.25) is 5.02 Å². The molecule has 4 aliphatic rings. The molecule has 1 amide bonds. The van der Waals surface area contributed by atoms with Gasteiger partial charge < -0.3 is 0 Å². The second-order valence-electron chi connectivity index (χ2n) is 11.2. The molecule has 4 aromatic rings. The molecule has 0 atom stereocenters. The highest BCUT2D eigenvalue weighted by Crippen LogP contribution is 2.60. The first-order valence-electron chi connectivity index (χ1n) is 13.1. The second-order valence-corrected chi connectivity index (χ2v) is 11.7. The molecule has 2 aromatic carbocycles. The van der Waals surface area contributed by atoms with Crippen LogP contribution in [0.1, 0.15) is 60.1 Å². The van der Waals surface area contributed by atoms with Crippen LogP contribution in [0.5, 0.6) is 0 Å². The first-order chi connectivity index (χ1) is 18.0. The smallest absolute Gasteiger partial charge is 0.261 e. The van der Waals surface area contributed by atoms with Crippen molar-refractivity contribution in [2.24, 2.45) is 17.8 Å². The van der Waals surface area contributed by atoms with Gasteiger partial charge in [-0.25, -0.2) is 14.3 Å². The molecule has 2 heterocycles. The molecule has 7 nitrogen and oxygen atoms in total. The summed E-state index contributed by atoms with van der Waals surface area (Å²) in [6, 6.07) is 17.7. The summed E-state index contributed by atoms with van der Waals surface area (Å²) in [7, 11) is 0. The van der Waals surface area contributed by atoms with Gasteiger partial charge in [0.25, 0.3) is 5.91 Å². The van der Waals surface area contributed by atoms with Crippen molar-refractivity contribution in [2.75, 3.05) is 5.32 Å². The maximum absolute atomic E-state index is 13.7. The number of nitrogens with one attached hydrogen (secondary N) is 1. The van der Waals surface area contributed by atoms with Crippen molar-refractivity contribution in [1.29, 1.82) is 0 Å². The highest BCUT2D eigenvalue weighted by Gasteiger charge is 2.54. The molecule has 0 aliphatic heterocycles. The minimum atomic E-state index is -0.197. The monoisotopic (exact) mass is 512 g/mol. The van der Waals surface area contributed by atoms with Gasteiger partial charge >= 0.3 is 0 Å². The Balaban J connectivity index is 1.19. The van der Waals surface area contributed by atoms with Gasteiger partial charge in [-0.1, -0.05) is 41.9 Å². The van der Waals surface area contributed by atoms with Crippen molar-refractivity contribution in [3.05, 3.63) is 89.0 Å². The number of carbonyl (C=O) groups is 1. The van der Waals surface area contributed by atoms with E-state index in [-0.39, 0.29) is 11.3 Å². The summed E-state index contributed by atoms with van der Waals surface area (Å²) in [5.74, 6) is 2.37. The molecule has 0 saturated heterocycles. The van der Waals surface area contributed by atoms with Crippen LogP contribution in [0.15, 0.2) is 67.1 Å². The van der Waals surface area contributed by atoms with Crippen molar-refractivity contribution < 1.29 is 4.79 Å². The zero-order valence-corrected chi connectivity index (χ0v) is 21.3. The SMILES string of the molecule is O=C(Nc1ncn(Cc2ccc(Cl)cc2)n1)c1cn(-c2ccccc2)nc1C12CC3CC(CC(C3)C1)C2. The number of aromatic nitrogens is 5. The molecule has 8 heteroatoms. The summed E-state index contributed by atoms with van der Waals surface area (Å²) in [4.78, 5) is 18.1. The van der Waals surface area contributed by atoms with Crippen LogP contribution in [0.3, 0.4) is 0 Å². The molecule has 4 fully saturated rings. The Labute approximate surface area is 220 Å². The zero-order valence-electron chi connectivity index (χ0n) is 20.6. The molecule has 0 unspecified atom stereocenters. The highest BCUT2D eigenvalue weighted by atomic mass is 35.5. The number of hydrogen-bond donors (Lipinski definition) is 1. The Morgan fingerprint density at radius 1 is 0.946 bits per heavy atom. The van der Waals surface area contributed by atoms with Crippen molar-refractivity contribution in [2.45, 2.75) is 50.5 Å². The lowest BCUT2D eigenvalue weighted by Crippen LogP contribution is -2.49. The molecular weight excluding hydrogens is 484 g/mol. The number of rotatable bonds is 6. The molecular formula is C29H29ClN6O. The van der Waals surface area contributed by atoms with E-state index in [1.807, 2.05) is 65.5 Å². The molecule has 8 rings (SSSR count). The van der Waals surface area contributed by atoms with E-state index in [1.165, 1.54) is 19.3 Å². The number of amides is 1. The van der Waals surface area contributed by atoms with Crippen molar-refractivity contribution in [3.63, 3.8) is 0 Å². The van der Waals surface area contributed by atoms with Gasteiger partial charge in [0, 0.05) is 16.6 Å². The Morgan fingerprint density at radius 3 is 2.30 bits per heavy atom. The zero-order chi connectivity index (χ0) is 25.0. The standard InChI is InChI=1S/C29H29ClN6O/c30-23-8-6-19(7-9-23)16-35-18-31-28(34-35)32-27(37)25-17-36(24-4-2-1-3-5-24)33-26(25)29-13-20-10-21(14-29)12-22(11-20)15-29/h1-9,17-18,20-22H,10-16H2,(H,32,34,37). The molecule has 0 radical (unpaired) electrons. The molecule has 4 saturated carbocycles. The van der Waals surface area contributed by atoms with Crippen LogP contribution in [-0.2, 0) is 12.0 Å². The maximum Gasteiger partial charge on any atom is 0.261 e. The van der Waals surface area contributed by atoms with Gasteiger partial charge in [-0.2, -0.15) is 5.10 Å². The third kappa shape index (κ3) is 4.25. The minimum Gasteiger partial charge on any atom is -0.289 e. The summed E-state index contributed by atoms with van der Waals surface area (Å²) in [5.41, 5.74) is 3.59. The van der Waals surface area contributed by atoms with Crippen LogP contribution in [0.4, 0.5) is 5.95 Å². The lowest BCUT2D eigenvalue weighted by molar-refractivity contribution is -0.00765. The topological polar surface area (TPSA) is 77.6 Å². The number of para-hydroxylation sites is 1. The Kier molecular flexibility index (Phi) is 5.43. The second kappa shape index (κ2) is 8.84. The number of nitrogens with zero attached hydrogens (tertiary/aromatic N) is 5. The van der Waals surface area contributed by atoms with Crippen LogP contribution in [0, 0.1) is 17.8 Å². The van der Waals surface area contributed by atoms with E-state index in [2.05, 4.69) is 15.4 Å². The van der Waals surface area contributed by atoms with Gasteiger partial charge in [-0.05, 0) is 86.1 Å². The molecule has 1 N–H and O–H groups in total. The van der Waals surface area contributed by atoms with E-state index in [4.69, 9.17) is 16.7 Å². The molecule has 2 aromatic heterocycles. The number of anilines is 1. The van der Waals surface area contributed by atoms with Gasteiger partial charge in [0.2, 0.25) is 5.95 Å². The predicted octanol–water partition coefficient (Wildman–Crippen LogP) is 5.89. The number of benzene rings is 2. The van der Waals surface area contributed by atoms with Crippen LogP contribution in [-0.4, -0.2) is 30.5 Å². The van der Waals surface area contributed by atoms with E-state index in [0.717, 1.165) is 54.0 Å². The lowest BCUT2D eigenvalue weighted by atomic mass is 9.48. The normalized spacial score (nSPS) is 25.9. The molecule has 4 bridgehead atoms. The molecule has 4 aliphatic carbocycles. The summed E-state index contributed by atoms with van der Waals surface area (Å²) in [5, 5.41) is 13.2. The first-order valence-corrected chi connectivity index (χ1v) is 13.5. The van der Waals surface area contributed by atoms with Gasteiger partial charge in [0.15, 0.2) is 0 Å². The van der Waals surface area contributed by atoms with Crippen molar-refractivity contribution >= 4 is 23.5 Å². The number of carbonyl (C=O) groups excluding carboxylic acids is 1. The van der Waals surface area contributed by atoms with Crippen molar-refractivity contribution in [3.8, 4) is 5.69 Å². The largest absolute Gasteiger partial charge is 0.289 e. The Hall–Kier alpha value is -3.45. The highest BCUT2D eigenvalue weighted by molar-refractivity contribution is 6.30. The summed E-state index contributed by atoms with van der Waals surface area (Å²) in [6.45, 7) is 0.546. The molecule has 0 spiro atoms. The van der Waals surface area contributed by atoms with Crippen LogP contribution < -0.4 is 5.32 Å². The average Bonchev–Trinajstić information content (AvgIpc) is 3.53. The minimum absolute atomic E-state index is 0.0111. The van der Waals surface area contributed by atoms with Gasteiger partial charge in [-0.15, -0.1) is 5.10 Å². The fourth-order valence-electron chi connectivity index (χ4n) is 7.42. The predicted molar refractivity (Wildman–Crippen MR) is 142 cm³/mol. The third-order valence-electron chi connectivity index (χ3n) is 8.54. The maximum atomic E-state index is 13.7. The van der Waals surface area contributed by atoms with Crippen LogP contribution in [0.25, 0.3) is 5.69 Å². The van der Waals surface area contributed by atoms with E-state index >= 15 is 0 Å². The Bertz CT molecular complexity index is 1410. The number of hydrogen-bond acceptors (Lipinski definition) is 4.